The zero-order chi connectivity index (χ0) is 22.3. The van der Waals surface area contributed by atoms with Gasteiger partial charge < -0.3 is 29.2 Å². The number of hydrogen-bond acceptors (Lipinski definition) is 6. The van der Waals surface area contributed by atoms with Gasteiger partial charge in [-0.2, -0.15) is 0 Å². The lowest BCUT2D eigenvalue weighted by Crippen LogP contribution is -2.22. The Bertz CT molecular complexity index is 715. The molecule has 0 spiro atoms. The lowest BCUT2D eigenvalue weighted by atomic mass is 10.0. The molecule has 2 unspecified atom stereocenters. The van der Waals surface area contributed by atoms with Crippen molar-refractivity contribution in [3.05, 3.63) is 84.3 Å². The van der Waals surface area contributed by atoms with Crippen LogP contribution >= 0.6 is 0 Å². The Balaban J connectivity index is 1.74. The lowest BCUT2D eigenvalue weighted by Gasteiger charge is -2.13. The van der Waals surface area contributed by atoms with Gasteiger partial charge in [0, 0.05) is 0 Å². The highest BCUT2D eigenvalue weighted by Gasteiger charge is 2.07. The minimum absolute atomic E-state index is 0.175. The van der Waals surface area contributed by atoms with Gasteiger partial charge in [-0.3, -0.25) is 0 Å². The van der Waals surface area contributed by atoms with Gasteiger partial charge in [-0.05, 0) is 55.7 Å². The molecule has 2 rings (SSSR count). The number of allylic oxidation sites excluding steroid dienone is 2. The van der Waals surface area contributed by atoms with Crippen LogP contribution in [0.1, 0.15) is 25.0 Å². The smallest absolute Gasteiger partial charge is 0.122 e. The standard InChI is InChI=1S/C25H32O6/c1-3-13-28-16-22(26)18-30-24-9-5-20(6-10-24)15-21-7-11-25(12-8-21)31-19-23(27)17-29-14-4-2/h3-14,22-23,26-27H,15-19H2,1-2H3. The number of aliphatic hydroxyl groups is 2. The fourth-order valence-corrected chi connectivity index (χ4v) is 2.65. The van der Waals surface area contributed by atoms with Crippen LogP contribution < -0.4 is 9.47 Å². The summed E-state index contributed by atoms with van der Waals surface area (Å²) >= 11 is 0. The molecule has 31 heavy (non-hydrogen) atoms. The summed E-state index contributed by atoms with van der Waals surface area (Å²) in [5.41, 5.74) is 2.30. The Kier molecular flexibility index (Phi) is 11.1. The van der Waals surface area contributed by atoms with Crippen LogP contribution in [-0.4, -0.2) is 48.8 Å². The van der Waals surface area contributed by atoms with Crippen molar-refractivity contribution in [2.24, 2.45) is 0 Å². The van der Waals surface area contributed by atoms with Crippen molar-refractivity contribution in [2.45, 2.75) is 32.5 Å². The van der Waals surface area contributed by atoms with Gasteiger partial charge in [0.2, 0.25) is 0 Å². The van der Waals surface area contributed by atoms with E-state index in [-0.39, 0.29) is 26.4 Å². The first kappa shape index (κ1) is 24.3. The average molecular weight is 429 g/mol. The number of benzene rings is 2. The van der Waals surface area contributed by atoms with Crippen LogP contribution in [0.15, 0.2) is 73.2 Å². The second-order valence-corrected chi connectivity index (χ2v) is 7.00. The Hall–Kier alpha value is -2.96. The van der Waals surface area contributed by atoms with Gasteiger partial charge >= 0.3 is 0 Å². The molecule has 0 heterocycles. The van der Waals surface area contributed by atoms with Crippen LogP contribution in [0.5, 0.6) is 11.5 Å². The van der Waals surface area contributed by atoms with Crippen molar-refractivity contribution in [1.29, 1.82) is 0 Å². The maximum absolute atomic E-state index is 9.81. The van der Waals surface area contributed by atoms with Crippen molar-refractivity contribution in [1.82, 2.24) is 0 Å². The van der Waals surface area contributed by atoms with Gasteiger partial charge in [-0.15, -0.1) is 0 Å². The van der Waals surface area contributed by atoms with E-state index in [9.17, 15) is 10.2 Å². The quantitative estimate of drug-likeness (QED) is 0.445. The first-order chi connectivity index (χ1) is 15.1. The number of aliphatic hydroxyl groups excluding tert-OH is 2. The Morgan fingerprint density at radius 3 is 1.39 bits per heavy atom. The molecule has 0 amide bonds. The number of ether oxygens (including phenoxy) is 4. The topological polar surface area (TPSA) is 77.4 Å². The second kappa shape index (κ2) is 14.1. The van der Waals surface area contributed by atoms with Gasteiger partial charge in [0.05, 0.1) is 12.5 Å². The molecule has 168 valence electrons. The van der Waals surface area contributed by atoms with Gasteiger partial charge in [-0.25, -0.2) is 0 Å². The van der Waals surface area contributed by atoms with Crippen molar-refractivity contribution in [2.75, 3.05) is 26.4 Å². The van der Waals surface area contributed by atoms with E-state index in [4.69, 9.17) is 18.9 Å². The third-order valence-electron chi connectivity index (χ3n) is 4.18. The van der Waals surface area contributed by atoms with Crippen molar-refractivity contribution in [3.63, 3.8) is 0 Å². The molecule has 2 aromatic carbocycles. The molecule has 0 aliphatic rings. The fraction of sp³-hybridized carbons (Fsp3) is 0.360. The van der Waals surface area contributed by atoms with Crippen molar-refractivity contribution >= 4 is 0 Å². The summed E-state index contributed by atoms with van der Waals surface area (Å²) in [7, 11) is 0. The summed E-state index contributed by atoms with van der Waals surface area (Å²) in [5, 5.41) is 19.6. The van der Waals surface area contributed by atoms with E-state index in [0.717, 1.165) is 17.5 Å². The van der Waals surface area contributed by atoms with Crippen LogP contribution in [-0.2, 0) is 15.9 Å². The van der Waals surface area contributed by atoms with Crippen molar-refractivity contribution < 1.29 is 29.2 Å². The maximum atomic E-state index is 9.81. The Labute approximate surface area is 184 Å². The van der Waals surface area contributed by atoms with E-state index in [0.29, 0.717) is 11.5 Å². The predicted octanol–water partition coefficient (Wildman–Crippen LogP) is 3.86. The van der Waals surface area contributed by atoms with E-state index in [2.05, 4.69) is 0 Å². The normalized spacial score (nSPS) is 13.3. The first-order valence-corrected chi connectivity index (χ1v) is 10.4. The summed E-state index contributed by atoms with van der Waals surface area (Å²) in [6.45, 7) is 4.45. The lowest BCUT2D eigenvalue weighted by molar-refractivity contribution is 0.0463. The minimum Gasteiger partial charge on any atom is -0.499 e. The van der Waals surface area contributed by atoms with Crippen LogP contribution in [0, 0.1) is 0 Å². The van der Waals surface area contributed by atoms with Crippen LogP contribution in [0.4, 0.5) is 0 Å². The zero-order valence-corrected chi connectivity index (χ0v) is 18.1. The largest absolute Gasteiger partial charge is 0.499 e. The monoisotopic (exact) mass is 428 g/mol. The van der Waals surface area contributed by atoms with Crippen LogP contribution in [0.3, 0.4) is 0 Å². The summed E-state index contributed by atoms with van der Waals surface area (Å²) < 4.78 is 21.5. The molecule has 0 aromatic heterocycles. The predicted molar refractivity (Wildman–Crippen MR) is 120 cm³/mol. The first-order valence-electron chi connectivity index (χ1n) is 10.4. The molecule has 0 aliphatic heterocycles. The highest BCUT2D eigenvalue weighted by molar-refractivity contribution is 5.34. The molecule has 0 radical (unpaired) electrons. The van der Waals surface area contributed by atoms with Crippen LogP contribution in [0.2, 0.25) is 0 Å². The third kappa shape index (κ3) is 10.1. The molecule has 2 atom stereocenters. The SMILES string of the molecule is CC=COCC(O)COc1ccc(Cc2ccc(OCC(O)COC=CC)cc2)cc1. The number of rotatable bonds is 14. The highest BCUT2D eigenvalue weighted by Crippen LogP contribution is 2.18. The molecule has 0 bridgehead atoms. The summed E-state index contributed by atoms with van der Waals surface area (Å²) in [6.07, 6.45) is 6.03. The molecule has 2 aromatic rings. The van der Waals surface area contributed by atoms with Crippen molar-refractivity contribution in [3.8, 4) is 11.5 Å². The van der Waals surface area contributed by atoms with E-state index >= 15 is 0 Å². The molecular formula is C25H32O6. The summed E-state index contributed by atoms with van der Waals surface area (Å²) in [5.74, 6) is 1.41. The molecule has 0 aliphatic carbocycles. The molecule has 2 N–H and O–H groups in total. The number of hydrogen-bond donors (Lipinski definition) is 2. The summed E-state index contributed by atoms with van der Waals surface area (Å²) in [6, 6.07) is 15.6. The molecule has 0 saturated carbocycles. The highest BCUT2D eigenvalue weighted by atomic mass is 16.5. The fourth-order valence-electron chi connectivity index (χ4n) is 2.65. The zero-order valence-electron chi connectivity index (χ0n) is 18.1. The van der Waals surface area contributed by atoms with E-state index < -0.39 is 12.2 Å². The third-order valence-corrected chi connectivity index (χ3v) is 4.18. The van der Waals surface area contributed by atoms with Gasteiger partial charge in [0.25, 0.3) is 0 Å². The molecular weight excluding hydrogens is 396 g/mol. The van der Waals surface area contributed by atoms with E-state index in [1.165, 1.54) is 0 Å². The molecule has 6 nitrogen and oxygen atoms in total. The van der Waals surface area contributed by atoms with E-state index in [1.54, 1.807) is 24.7 Å². The van der Waals surface area contributed by atoms with E-state index in [1.807, 2.05) is 62.4 Å². The molecule has 6 heteroatoms. The summed E-state index contributed by atoms with van der Waals surface area (Å²) in [4.78, 5) is 0. The van der Waals surface area contributed by atoms with Gasteiger partial charge in [0.1, 0.15) is 50.1 Å². The Morgan fingerprint density at radius 2 is 1.03 bits per heavy atom. The average Bonchev–Trinajstić information content (AvgIpc) is 2.78. The minimum atomic E-state index is -0.682. The molecule has 0 fully saturated rings. The van der Waals surface area contributed by atoms with Crippen LogP contribution in [0.25, 0.3) is 0 Å². The maximum Gasteiger partial charge on any atom is 0.122 e. The van der Waals surface area contributed by atoms with Gasteiger partial charge in [0.15, 0.2) is 0 Å². The van der Waals surface area contributed by atoms with Gasteiger partial charge in [-0.1, -0.05) is 36.4 Å². The molecule has 0 saturated heterocycles. The Morgan fingerprint density at radius 1 is 0.645 bits per heavy atom. The second-order valence-electron chi connectivity index (χ2n) is 7.00.